The van der Waals surface area contributed by atoms with Gasteiger partial charge in [0.05, 0.1) is 5.56 Å². The monoisotopic (exact) mass is 431 g/mol. The number of carbonyl (C=O) groups excluding carboxylic acids is 1. The molecule has 4 aromatic rings. The lowest BCUT2D eigenvalue weighted by Gasteiger charge is -2.10. The van der Waals surface area contributed by atoms with E-state index in [0.717, 1.165) is 0 Å². The van der Waals surface area contributed by atoms with Crippen LogP contribution < -0.4 is 10.9 Å². The molecule has 0 saturated heterocycles. The SMILES string of the molecule is O=C(Nc1ccc(-c2cc3ccccc3oc2=O)cc1)c1c(F)c(F)c(F)c(F)c1F. The molecule has 4 rings (SSSR count). The lowest BCUT2D eigenvalue weighted by atomic mass is 10.1. The van der Waals surface area contributed by atoms with Crippen molar-refractivity contribution in [3.8, 4) is 11.1 Å². The predicted octanol–water partition coefficient (Wildman–Crippen LogP) is 5.41. The summed E-state index contributed by atoms with van der Waals surface area (Å²) in [6, 6.07) is 13.9. The summed E-state index contributed by atoms with van der Waals surface area (Å²) in [7, 11) is 0. The summed E-state index contributed by atoms with van der Waals surface area (Å²) in [4.78, 5) is 24.3. The number of fused-ring (bicyclic) bond motifs is 1. The Labute approximate surface area is 170 Å². The van der Waals surface area contributed by atoms with E-state index in [1.165, 1.54) is 24.3 Å². The van der Waals surface area contributed by atoms with Crippen LogP contribution in [0.2, 0.25) is 0 Å². The number of halogens is 5. The van der Waals surface area contributed by atoms with Gasteiger partial charge in [0, 0.05) is 11.1 Å². The van der Waals surface area contributed by atoms with Crippen LogP contribution in [0.25, 0.3) is 22.1 Å². The Morgan fingerprint density at radius 2 is 1.35 bits per heavy atom. The molecule has 0 spiro atoms. The number of benzene rings is 3. The van der Waals surface area contributed by atoms with Crippen LogP contribution in [0.3, 0.4) is 0 Å². The molecule has 1 heterocycles. The molecular formula is C22H10F5NO3. The summed E-state index contributed by atoms with van der Waals surface area (Å²) in [6.07, 6.45) is 0. The van der Waals surface area contributed by atoms with E-state index >= 15 is 0 Å². The molecule has 0 aliphatic rings. The minimum Gasteiger partial charge on any atom is -0.422 e. The molecule has 1 amide bonds. The van der Waals surface area contributed by atoms with E-state index in [1.807, 2.05) is 0 Å². The summed E-state index contributed by atoms with van der Waals surface area (Å²) in [5.41, 5.74) is -1.14. The van der Waals surface area contributed by atoms with Crippen molar-refractivity contribution in [2.24, 2.45) is 0 Å². The number of hydrogen-bond donors (Lipinski definition) is 1. The van der Waals surface area contributed by atoms with Crippen molar-refractivity contribution in [2.75, 3.05) is 5.32 Å². The molecule has 0 saturated carbocycles. The van der Waals surface area contributed by atoms with E-state index < -0.39 is 46.2 Å². The molecule has 31 heavy (non-hydrogen) atoms. The second-order valence-electron chi connectivity index (χ2n) is 6.46. The van der Waals surface area contributed by atoms with Crippen LogP contribution in [0.15, 0.2) is 63.8 Å². The predicted molar refractivity (Wildman–Crippen MR) is 102 cm³/mol. The lowest BCUT2D eigenvalue weighted by Crippen LogP contribution is -2.19. The van der Waals surface area contributed by atoms with E-state index in [4.69, 9.17) is 4.42 Å². The Morgan fingerprint density at radius 3 is 2.00 bits per heavy atom. The molecule has 9 heteroatoms. The van der Waals surface area contributed by atoms with Crippen LogP contribution in [0.5, 0.6) is 0 Å². The van der Waals surface area contributed by atoms with Gasteiger partial charge in [0.2, 0.25) is 5.82 Å². The van der Waals surface area contributed by atoms with Crippen LogP contribution in [-0.4, -0.2) is 5.91 Å². The highest BCUT2D eigenvalue weighted by atomic mass is 19.2. The molecule has 0 unspecified atom stereocenters. The topological polar surface area (TPSA) is 59.3 Å². The van der Waals surface area contributed by atoms with E-state index in [9.17, 15) is 31.5 Å². The lowest BCUT2D eigenvalue weighted by molar-refractivity contribution is 0.101. The van der Waals surface area contributed by atoms with Crippen LogP contribution >= 0.6 is 0 Å². The Hall–Kier alpha value is -4.01. The molecule has 0 atom stereocenters. The Bertz CT molecular complexity index is 1370. The summed E-state index contributed by atoms with van der Waals surface area (Å²) in [6.45, 7) is 0. The third-order valence-corrected chi connectivity index (χ3v) is 4.53. The van der Waals surface area contributed by atoms with Gasteiger partial charge in [-0.15, -0.1) is 0 Å². The van der Waals surface area contributed by atoms with Crippen molar-refractivity contribution in [1.82, 2.24) is 0 Å². The standard InChI is InChI=1S/C22H10F5NO3/c23-16-15(17(24)19(26)20(27)18(16)25)21(29)28-12-7-5-10(6-8-12)13-9-11-3-1-2-4-14(11)31-22(13)30/h1-9H,(H,28,29). The smallest absolute Gasteiger partial charge is 0.344 e. The molecule has 0 fully saturated rings. The number of anilines is 1. The quantitative estimate of drug-likeness (QED) is 0.204. The first-order valence-corrected chi connectivity index (χ1v) is 8.74. The van der Waals surface area contributed by atoms with Gasteiger partial charge >= 0.3 is 5.63 Å². The molecule has 1 N–H and O–H groups in total. The van der Waals surface area contributed by atoms with Crippen LogP contribution in [-0.2, 0) is 0 Å². The summed E-state index contributed by atoms with van der Waals surface area (Å²) in [5.74, 6) is -12.8. The normalized spacial score (nSPS) is 11.0. The minimum atomic E-state index is -2.36. The fourth-order valence-electron chi connectivity index (χ4n) is 2.99. The van der Waals surface area contributed by atoms with Gasteiger partial charge in [-0.1, -0.05) is 30.3 Å². The number of para-hydroxylation sites is 1. The summed E-state index contributed by atoms with van der Waals surface area (Å²) >= 11 is 0. The molecule has 4 nitrogen and oxygen atoms in total. The van der Waals surface area contributed by atoms with Crippen molar-refractivity contribution in [3.05, 3.63) is 99.7 Å². The molecule has 0 bridgehead atoms. The van der Waals surface area contributed by atoms with Crippen LogP contribution in [0.1, 0.15) is 10.4 Å². The summed E-state index contributed by atoms with van der Waals surface area (Å²) in [5, 5.41) is 2.74. The number of nitrogens with one attached hydrogen (secondary N) is 1. The number of rotatable bonds is 3. The second-order valence-corrected chi connectivity index (χ2v) is 6.46. The molecule has 1 aromatic heterocycles. The molecule has 0 aliphatic carbocycles. The van der Waals surface area contributed by atoms with Gasteiger partial charge in [-0.2, -0.15) is 0 Å². The highest BCUT2D eigenvalue weighted by molar-refractivity contribution is 6.04. The third-order valence-electron chi connectivity index (χ3n) is 4.53. The first-order valence-electron chi connectivity index (χ1n) is 8.74. The maximum atomic E-state index is 13.8. The van der Waals surface area contributed by atoms with Crippen molar-refractivity contribution in [3.63, 3.8) is 0 Å². The number of carbonyl (C=O) groups is 1. The zero-order valence-electron chi connectivity index (χ0n) is 15.3. The average molecular weight is 431 g/mol. The van der Waals surface area contributed by atoms with Crippen molar-refractivity contribution >= 4 is 22.6 Å². The minimum absolute atomic E-state index is 0.00266. The molecule has 0 aliphatic heterocycles. The van der Waals surface area contributed by atoms with Crippen molar-refractivity contribution < 1.29 is 31.2 Å². The first-order chi connectivity index (χ1) is 14.8. The zero-order valence-corrected chi connectivity index (χ0v) is 15.3. The second kappa shape index (κ2) is 7.67. The van der Waals surface area contributed by atoms with Gasteiger partial charge < -0.3 is 9.73 Å². The number of amides is 1. The molecular weight excluding hydrogens is 421 g/mol. The Kier molecular flexibility index (Phi) is 5.02. The average Bonchev–Trinajstić information content (AvgIpc) is 2.76. The first kappa shape index (κ1) is 20.3. The van der Waals surface area contributed by atoms with Gasteiger partial charge in [-0.3, -0.25) is 4.79 Å². The van der Waals surface area contributed by atoms with Crippen LogP contribution in [0, 0.1) is 29.1 Å². The fraction of sp³-hybridized carbons (Fsp3) is 0. The molecule has 156 valence electrons. The van der Waals surface area contributed by atoms with Crippen molar-refractivity contribution in [1.29, 1.82) is 0 Å². The third kappa shape index (κ3) is 3.54. The van der Waals surface area contributed by atoms with Gasteiger partial charge in [0.15, 0.2) is 23.3 Å². The van der Waals surface area contributed by atoms with Gasteiger partial charge in [0.25, 0.3) is 5.91 Å². The largest absolute Gasteiger partial charge is 0.422 e. The fourth-order valence-corrected chi connectivity index (χ4v) is 2.99. The van der Waals surface area contributed by atoms with E-state index in [-0.39, 0.29) is 11.3 Å². The van der Waals surface area contributed by atoms with E-state index in [1.54, 1.807) is 30.3 Å². The van der Waals surface area contributed by atoms with E-state index in [0.29, 0.717) is 16.5 Å². The highest BCUT2D eigenvalue weighted by Gasteiger charge is 2.29. The maximum Gasteiger partial charge on any atom is 0.344 e. The molecule has 3 aromatic carbocycles. The number of hydrogen-bond acceptors (Lipinski definition) is 3. The molecule has 0 radical (unpaired) electrons. The van der Waals surface area contributed by atoms with Crippen LogP contribution in [0.4, 0.5) is 27.6 Å². The summed E-state index contributed by atoms with van der Waals surface area (Å²) < 4.78 is 72.6. The van der Waals surface area contributed by atoms with Crippen molar-refractivity contribution in [2.45, 2.75) is 0 Å². The van der Waals surface area contributed by atoms with Gasteiger partial charge in [-0.25, -0.2) is 26.7 Å². The Balaban J connectivity index is 1.64. The van der Waals surface area contributed by atoms with Gasteiger partial charge in [-0.05, 0) is 29.8 Å². The van der Waals surface area contributed by atoms with Gasteiger partial charge in [0.1, 0.15) is 11.1 Å². The zero-order chi connectivity index (χ0) is 22.3. The van der Waals surface area contributed by atoms with E-state index in [2.05, 4.69) is 5.32 Å². The maximum absolute atomic E-state index is 13.8. The highest BCUT2D eigenvalue weighted by Crippen LogP contribution is 2.25. The Morgan fingerprint density at radius 1 is 0.774 bits per heavy atom.